The van der Waals surface area contributed by atoms with Crippen molar-refractivity contribution in [2.24, 2.45) is 17.8 Å². The van der Waals surface area contributed by atoms with Gasteiger partial charge in [0.15, 0.2) is 0 Å². The van der Waals surface area contributed by atoms with Crippen molar-refractivity contribution in [3.05, 3.63) is 24.3 Å². The van der Waals surface area contributed by atoms with Crippen molar-refractivity contribution < 1.29 is 9.47 Å². The van der Waals surface area contributed by atoms with Gasteiger partial charge in [0.25, 0.3) is 0 Å². The second-order valence-electron chi connectivity index (χ2n) is 6.65. The van der Waals surface area contributed by atoms with E-state index in [2.05, 4.69) is 20.8 Å². The van der Waals surface area contributed by atoms with Crippen LogP contribution in [0.25, 0.3) is 0 Å². The normalized spacial score (nSPS) is 26.0. The lowest BCUT2D eigenvalue weighted by Gasteiger charge is -2.37. The molecule has 0 amide bonds. The van der Waals surface area contributed by atoms with Crippen LogP contribution < -0.4 is 10.5 Å². The SMILES string of the molecule is CC1CCC(C(C)C)C(OCCOc2ccc(N)cc2)C1. The predicted octanol–water partition coefficient (Wildman–Crippen LogP) is 4.13. The first kappa shape index (κ1) is 16.2. The zero-order chi connectivity index (χ0) is 15.2. The van der Waals surface area contributed by atoms with Crippen LogP contribution >= 0.6 is 0 Å². The van der Waals surface area contributed by atoms with Crippen LogP contribution in [0.1, 0.15) is 40.0 Å². The summed E-state index contributed by atoms with van der Waals surface area (Å²) in [6.45, 7) is 8.20. The molecule has 1 fully saturated rings. The van der Waals surface area contributed by atoms with Gasteiger partial charge in [-0.05, 0) is 54.9 Å². The highest BCUT2D eigenvalue weighted by Crippen LogP contribution is 2.35. The molecule has 0 aromatic heterocycles. The van der Waals surface area contributed by atoms with E-state index in [9.17, 15) is 0 Å². The Morgan fingerprint density at radius 2 is 1.86 bits per heavy atom. The van der Waals surface area contributed by atoms with Crippen molar-refractivity contribution in [2.45, 2.75) is 46.1 Å². The quantitative estimate of drug-likeness (QED) is 0.633. The highest BCUT2D eigenvalue weighted by Gasteiger charge is 2.31. The molecule has 0 heterocycles. The average Bonchev–Trinajstić information content (AvgIpc) is 2.45. The molecule has 1 aromatic carbocycles. The van der Waals surface area contributed by atoms with Crippen LogP contribution in [0.4, 0.5) is 5.69 Å². The first-order chi connectivity index (χ1) is 10.1. The third kappa shape index (κ3) is 4.92. The Balaban J connectivity index is 1.74. The fourth-order valence-corrected chi connectivity index (χ4v) is 3.23. The number of anilines is 1. The lowest BCUT2D eigenvalue weighted by atomic mass is 9.75. The minimum Gasteiger partial charge on any atom is -0.491 e. The van der Waals surface area contributed by atoms with Gasteiger partial charge in [-0.15, -0.1) is 0 Å². The molecule has 1 aliphatic rings. The molecule has 0 saturated heterocycles. The molecule has 0 bridgehead atoms. The summed E-state index contributed by atoms with van der Waals surface area (Å²) in [5, 5.41) is 0. The topological polar surface area (TPSA) is 44.5 Å². The smallest absolute Gasteiger partial charge is 0.119 e. The maximum absolute atomic E-state index is 6.12. The summed E-state index contributed by atoms with van der Waals surface area (Å²) in [5.41, 5.74) is 6.41. The monoisotopic (exact) mass is 291 g/mol. The van der Waals surface area contributed by atoms with Crippen molar-refractivity contribution in [1.29, 1.82) is 0 Å². The Morgan fingerprint density at radius 1 is 1.14 bits per heavy atom. The van der Waals surface area contributed by atoms with Gasteiger partial charge in [0.2, 0.25) is 0 Å². The highest BCUT2D eigenvalue weighted by molar-refractivity contribution is 5.41. The van der Waals surface area contributed by atoms with E-state index in [-0.39, 0.29) is 0 Å². The van der Waals surface area contributed by atoms with Crippen molar-refractivity contribution in [2.75, 3.05) is 18.9 Å². The van der Waals surface area contributed by atoms with Crippen LogP contribution in [0.3, 0.4) is 0 Å². The molecule has 0 radical (unpaired) electrons. The number of nitrogen functional groups attached to an aromatic ring is 1. The van der Waals surface area contributed by atoms with Crippen LogP contribution in [0.5, 0.6) is 5.75 Å². The van der Waals surface area contributed by atoms with Crippen molar-refractivity contribution in [3.63, 3.8) is 0 Å². The van der Waals surface area contributed by atoms with Gasteiger partial charge in [-0.1, -0.05) is 27.2 Å². The summed E-state index contributed by atoms with van der Waals surface area (Å²) in [6, 6.07) is 7.51. The van der Waals surface area contributed by atoms with Gasteiger partial charge in [0.1, 0.15) is 12.4 Å². The average molecular weight is 291 g/mol. The minimum absolute atomic E-state index is 0.392. The van der Waals surface area contributed by atoms with E-state index in [4.69, 9.17) is 15.2 Å². The van der Waals surface area contributed by atoms with Crippen LogP contribution in [0, 0.1) is 17.8 Å². The van der Waals surface area contributed by atoms with E-state index < -0.39 is 0 Å². The summed E-state index contributed by atoms with van der Waals surface area (Å²) in [4.78, 5) is 0. The summed E-state index contributed by atoms with van der Waals surface area (Å²) < 4.78 is 11.8. The highest BCUT2D eigenvalue weighted by atomic mass is 16.5. The van der Waals surface area contributed by atoms with Crippen LogP contribution in [0.2, 0.25) is 0 Å². The van der Waals surface area contributed by atoms with Gasteiger partial charge in [-0.25, -0.2) is 0 Å². The standard InChI is InChI=1S/C18H29NO2/c1-13(2)17-9-4-14(3)12-18(17)21-11-10-20-16-7-5-15(19)6-8-16/h5-8,13-14,17-18H,4,9-12,19H2,1-3H3. The lowest BCUT2D eigenvalue weighted by molar-refractivity contribution is -0.0465. The van der Waals surface area contributed by atoms with Crippen molar-refractivity contribution in [1.82, 2.24) is 0 Å². The summed E-state index contributed by atoms with van der Waals surface area (Å²) in [7, 11) is 0. The van der Waals surface area contributed by atoms with Crippen molar-refractivity contribution >= 4 is 5.69 Å². The molecular formula is C18H29NO2. The van der Waals surface area contributed by atoms with E-state index >= 15 is 0 Å². The van der Waals surface area contributed by atoms with E-state index in [1.165, 1.54) is 19.3 Å². The molecule has 3 heteroatoms. The molecule has 3 unspecified atom stereocenters. The van der Waals surface area contributed by atoms with Gasteiger partial charge in [-0.3, -0.25) is 0 Å². The predicted molar refractivity (Wildman–Crippen MR) is 87.4 cm³/mol. The Hall–Kier alpha value is -1.22. The first-order valence-electron chi connectivity index (χ1n) is 8.16. The lowest BCUT2D eigenvalue weighted by Crippen LogP contribution is -2.35. The fourth-order valence-electron chi connectivity index (χ4n) is 3.23. The van der Waals surface area contributed by atoms with E-state index in [1.807, 2.05) is 24.3 Å². The molecule has 2 rings (SSSR count). The zero-order valence-electron chi connectivity index (χ0n) is 13.5. The first-order valence-corrected chi connectivity index (χ1v) is 8.16. The van der Waals surface area contributed by atoms with E-state index in [0.29, 0.717) is 31.2 Å². The molecule has 118 valence electrons. The number of hydrogen-bond donors (Lipinski definition) is 1. The van der Waals surface area contributed by atoms with Gasteiger partial charge in [-0.2, -0.15) is 0 Å². The molecule has 0 aliphatic heterocycles. The van der Waals surface area contributed by atoms with Gasteiger partial charge < -0.3 is 15.2 Å². The molecule has 2 N–H and O–H groups in total. The van der Waals surface area contributed by atoms with Crippen LogP contribution in [-0.4, -0.2) is 19.3 Å². The number of rotatable bonds is 6. The molecule has 1 aromatic rings. The minimum atomic E-state index is 0.392. The van der Waals surface area contributed by atoms with Gasteiger partial charge >= 0.3 is 0 Å². The molecule has 21 heavy (non-hydrogen) atoms. The molecule has 1 saturated carbocycles. The molecule has 3 nitrogen and oxygen atoms in total. The Kier molecular flexibility index (Phi) is 5.92. The number of hydrogen-bond acceptors (Lipinski definition) is 3. The molecule has 3 atom stereocenters. The second-order valence-corrected chi connectivity index (χ2v) is 6.65. The number of ether oxygens (including phenoxy) is 2. The maximum Gasteiger partial charge on any atom is 0.119 e. The fraction of sp³-hybridized carbons (Fsp3) is 0.667. The number of benzene rings is 1. The van der Waals surface area contributed by atoms with Crippen molar-refractivity contribution in [3.8, 4) is 5.75 Å². The van der Waals surface area contributed by atoms with E-state index in [0.717, 1.165) is 17.4 Å². The summed E-state index contributed by atoms with van der Waals surface area (Å²) in [6.07, 6.45) is 4.21. The largest absolute Gasteiger partial charge is 0.491 e. The van der Waals surface area contributed by atoms with Gasteiger partial charge in [0, 0.05) is 5.69 Å². The number of nitrogens with two attached hydrogens (primary N) is 1. The summed E-state index contributed by atoms with van der Waals surface area (Å²) >= 11 is 0. The molecular weight excluding hydrogens is 262 g/mol. The third-order valence-corrected chi connectivity index (χ3v) is 4.53. The Morgan fingerprint density at radius 3 is 2.52 bits per heavy atom. The second kappa shape index (κ2) is 7.69. The Bertz CT molecular complexity index is 416. The van der Waals surface area contributed by atoms with E-state index in [1.54, 1.807) is 0 Å². The van der Waals surface area contributed by atoms with Crippen LogP contribution in [0.15, 0.2) is 24.3 Å². The summed E-state index contributed by atoms with van der Waals surface area (Å²) in [5.74, 6) is 3.02. The van der Waals surface area contributed by atoms with Gasteiger partial charge in [0.05, 0.1) is 12.7 Å². The maximum atomic E-state index is 6.12. The molecule has 0 spiro atoms. The Labute approximate surface area is 128 Å². The van der Waals surface area contributed by atoms with Crippen LogP contribution in [-0.2, 0) is 4.74 Å². The third-order valence-electron chi connectivity index (χ3n) is 4.53. The molecule has 1 aliphatic carbocycles. The zero-order valence-corrected chi connectivity index (χ0v) is 13.5.